The Morgan fingerprint density at radius 2 is 1.36 bits per heavy atom. The molecule has 0 spiro atoms. The predicted molar refractivity (Wildman–Crippen MR) is 31.4 cm³/mol. The third kappa shape index (κ3) is 1.16. The number of aliphatic carboxylic acids is 2. The molecule has 0 aromatic rings. The van der Waals surface area contributed by atoms with Crippen LogP contribution in [0.4, 0.5) is 0 Å². The molecule has 1 saturated carbocycles. The molecule has 1 rings (SSSR count). The van der Waals surface area contributed by atoms with E-state index in [1.54, 1.807) is 0 Å². The standard InChI is InChI=1S/C5H4Cl2O4/c6-5(7)1(3(8)9)2(5)4(10)11/h1-2H,(H,8,9)(H,10,11)/p-2/t1-,2-/m1/s1. The first-order valence-corrected chi connectivity index (χ1v) is 3.44. The van der Waals surface area contributed by atoms with Gasteiger partial charge < -0.3 is 19.8 Å². The molecular formula is C5H2Cl2O4-2. The van der Waals surface area contributed by atoms with Gasteiger partial charge in [-0.15, -0.1) is 23.2 Å². The van der Waals surface area contributed by atoms with Gasteiger partial charge in [-0.25, -0.2) is 0 Å². The number of carboxylic acids is 2. The van der Waals surface area contributed by atoms with Gasteiger partial charge in [0, 0.05) is 23.8 Å². The first-order valence-electron chi connectivity index (χ1n) is 2.68. The minimum absolute atomic E-state index is 1.35. The molecule has 0 bridgehead atoms. The Morgan fingerprint density at radius 3 is 1.45 bits per heavy atom. The Morgan fingerprint density at radius 1 is 1.09 bits per heavy atom. The summed E-state index contributed by atoms with van der Waals surface area (Å²) in [6.07, 6.45) is 0. The molecule has 0 unspecified atom stereocenters. The van der Waals surface area contributed by atoms with E-state index >= 15 is 0 Å². The molecule has 11 heavy (non-hydrogen) atoms. The number of alkyl halides is 2. The Balaban J connectivity index is 2.76. The van der Waals surface area contributed by atoms with Crippen LogP contribution < -0.4 is 10.2 Å². The van der Waals surface area contributed by atoms with Gasteiger partial charge in [0.25, 0.3) is 0 Å². The molecule has 0 radical (unpaired) electrons. The molecule has 2 atom stereocenters. The second-order valence-electron chi connectivity index (χ2n) is 2.27. The van der Waals surface area contributed by atoms with Crippen molar-refractivity contribution >= 4 is 35.1 Å². The van der Waals surface area contributed by atoms with E-state index in [9.17, 15) is 19.8 Å². The minimum Gasteiger partial charge on any atom is -0.550 e. The van der Waals surface area contributed by atoms with Gasteiger partial charge in [0.1, 0.15) is 4.33 Å². The number of carbonyl (C=O) groups excluding carboxylic acids is 2. The monoisotopic (exact) mass is 196 g/mol. The quantitative estimate of drug-likeness (QED) is 0.475. The molecule has 0 N–H and O–H groups in total. The summed E-state index contributed by atoms with van der Waals surface area (Å²) in [5, 5.41) is 20.2. The van der Waals surface area contributed by atoms with Crippen LogP contribution in [0.3, 0.4) is 0 Å². The van der Waals surface area contributed by atoms with Gasteiger partial charge in [0.15, 0.2) is 0 Å². The zero-order chi connectivity index (χ0) is 8.81. The molecule has 62 valence electrons. The molecule has 1 fully saturated rings. The Bertz CT molecular complexity index is 203. The summed E-state index contributed by atoms with van der Waals surface area (Å²) in [5.41, 5.74) is 0. The van der Waals surface area contributed by atoms with Gasteiger partial charge in [-0.2, -0.15) is 0 Å². The van der Waals surface area contributed by atoms with E-state index in [2.05, 4.69) is 0 Å². The SMILES string of the molecule is O=C([O-])[C@H]1[C@H](C(=O)[O-])C1(Cl)Cl. The van der Waals surface area contributed by atoms with Crippen LogP contribution in [0.2, 0.25) is 0 Å². The van der Waals surface area contributed by atoms with Gasteiger partial charge in [-0.3, -0.25) is 0 Å². The van der Waals surface area contributed by atoms with Crippen molar-refractivity contribution in [1.29, 1.82) is 0 Å². The fourth-order valence-electron chi connectivity index (χ4n) is 0.913. The molecular weight excluding hydrogens is 195 g/mol. The second kappa shape index (κ2) is 2.25. The molecule has 0 amide bonds. The van der Waals surface area contributed by atoms with E-state index < -0.39 is 28.1 Å². The summed E-state index contributed by atoms with van der Waals surface area (Å²) in [6.45, 7) is 0. The van der Waals surface area contributed by atoms with Crippen molar-refractivity contribution in [2.24, 2.45) is 11.8 Å². The van der Waals surface area contributed by atoms with Crippen molar-refractivity contribution in [2.75, 3.05) is 0 Å². The Labute approximate surface area is 71.7 Å². The van der Waals surface area contributed by atoms with Crippen molar-refractivity contribution in [3.63, 3.8) is 0 Å². The highest BCUT2D eigenvalue weighted by Gasteiger charge is 2.64. The predicted octanol–water partition coefficient (Wildman–Crippen LogP) is -2.09. The van der Waals surface area contributed by atoms with Crippen LogP contribution in [-0.2, 0) is 9.59 Å². The first-order chi connectivity index (χ1) is 4.89. The van der Waals surface area contributed by atoms with E-state index in [0.717, 1.165) is 0 Å². The van der Waals surface area contributed by atoms with Crippen molar-refractivity contribution in [3.05, 3.63) is 0 Å². The van der Waals surface area contributed by atoms with Crippen LogP contribution in [0.5, 0.6) is 0 Å². The lowest BCUT2D eigenvalue weighted by Gasteiger charge is -1.98. The van der Waals surface area contributed by atoms with Gasteiger partial charge in [-0.1, -0.05) is 0 Å². The summed E-state index contributed by atoms with van der Waals surface area (Å²) >= 11 is 10.6. The molecule has 0 aliphatic heterocycles. The van der Waals surface area contributed by atoms with Crippen molar-refractivity contribution in [2.45, 2.75) is 4.33 Å². The van der Waals surface area contributed by atoms with Crippen molar-refractivity contribution in [1.82, 2.24) is 0 Å². The second-order valence-corrected chi connectivity index (χ2v) is 3.71. The maximum atomic E-state index is 10.1. The fraction of sp³-hybridized carbons (Fsp3) is 0.600. The first kappa shape index (κ1) is 8.62. The Kier molecular flexibility index (Phi) is 1.76. The average Bonchev–Trinajstić information content (AvgIpc) is 2.33. The maximum Gasteiger partial charge on any atom is 0.135 e. The molecule has 0 saturated heterocycles. The van der Waals surface area contributed by atoms with Gasteiger partial charge in [0.2, 0.25) is 0 Å². The van der Waals surface area contributed by atoms with Crippen LogP contribution in [0.1, 0.15) is 0 Å². The van der Waals surface area contributed by atoms with Gasteiger partial charge in [-0.05, 0) is 0 Å². The average molecular weight is 197 g/mol. The number of carboxylic acid groups (broad SMARTS) is 2. The Hall–Kier alpha value is -0.480. The summed E-state index contributed by atoms with van der Waals surface area (Å²) in [5.74, 6) is -5.83. The van der Waals surface area contributed by atoms with Crippen LogP contribution in [-0.4, -0.2) is 16.3 Å². The highest BCUT2D eigenvalue weighted by Crippen LogP contribution is 2.58. The number of hydrogen-bond donors (Lipinski definition) is 0. The number of carbonyl (C=O) groups is 2. The number of rotatable bonds is 2. The third-order valence-corrected chi connectivity index (χ3v) is 2.50. The van der Waals surface area contributed by atoms with Crippen LogP contribution >= 0.6 is 23.2 Å². The van der Waals surface area contributed by atoms with Crippen LogP contribution in [0, 0.1) is 11.8 Å². The third-order valence-electron chi connectivity index (χ3n) is 1.56. The fourth-order valence-corrected chi connectivity index (χ4v) is 1.65. The van der Waals surface area contributed by atoms with Crippen LogP contribution in [0.25, 0.3) is 0 Å². The van der Waals surface area contributed by atoms with E-state index in [1.165, 1.54) is 0 Å². The molecule has 1 aliphatic rings. The lowest BCUT2D eigenvalue weighted by Crippen LogP contribution is -2.30. The highest BCUT2D eigenvalue weighted by atomic mass is 35.5. The summed E-state index contributed by atoms with van der Waals surface area (Å²) in [7, 11) is 0. The number of hydrogen-bond acceptors (Lipinski definition) is 4. The molecule has 0 aromatic carbocycles. The molecule has 0 heterocycles. The summed E-state index contributed by atoms with van der Waals surface area (Å²) < 4.78 is -1.75. The van der Waals surface area contributed by atoms with E-state index in [4.69, 9.17) is 23.2 Å². The van der Waals surface area contributed by atoms with Crippen molar-refractivity contribution in [3.8, 4) is 0 Å². The molecule has 1 aliphatic carbocycles. The smallest absolute Gasteiger partial charge is 0.135 e. The normalized spacial score (nSPS) is 32.9. The van der Waals surface area contributed by atoms with E-state index in [-0.39, 0.29) is 0 Å². The van der Waals surface area contributed by atoms with Crippen molar-refractivity contribution < 1.29 is 19.8 Å². The van der Waals surface area contributed by atoms with E-state index in [1.807, 2.05) is 0 Å². The lowest BCUT2D eigenvalue weighted by molar-refractivity contribution is -0.316. The van der Waals surface area contributed by atoms with Gasteiger partial charge >= 0.3 is 0 Å². The summed E-state index contributed by atoms with van der Waals surface area (Å²) in [4.78, 5) is 20.2. The maximum absolute atomic E-state index is 10.1. The van der Waals surface area contributed by atoms with E-state index in [0.29, 0.717) is 0 Å². The highest BCUT2D eigenvalue weighted by molar-refractivity contribution is 6.54. The minimum atomic E-state index is -1.75. The number of halogens is 2. The summed E-state index contributed by atoms with van der Waals surface area (Å²) in [6, 6.07) is 0. The zero-order valence-corrected chi connectivity index (χ0v) is 6.56. The van der Waals surface area contributed by atoms with Crippen LogP contribution in [0.15, 0.2) is 0 Å². The van der Waals surface area contributed by atoms with Gasteiger partial charge in [0.05, 0.1) is 0 Å². The molecule has 6 heteroatoms. The molecule has 4 nitrogen and oxygen atoms in total. The topological polar surface area (TPSA) is 80.3 Å². The lowest BCUT2D eigenvalue weighted by atomic mass is 10.3. The largest absolute Gasteiger partial charge is 0.550 e. The molecule has 0 aromatic heterocycles. The zero-order valence-electron chi connectivity index (χ0n) is 5.04.